The molecule has 18 heavy (non-hydrogen) atoms. The van der Waals surface area contributed by atoms with Gasteiger partial charge in [0.05, 0.1) is 11.8 Å². The van der Waals surface area contributed by atoms with Crippen molar-refractivity contribution in [1.29, 1.82) is 0 Å². The summed E-state index contributed by atoms with van der Waals surface area (Å²) < 4.78 is 9.42. The minimum Gasteiger partial charge on any atom is -0.381 e. The number of nitrogens with two attached hydrogens (primary N) is 1. The SMILES string of the molecule is COC1CCC(n2c(N)nc3c(C)nn(C)c32)C1. The lowest BCUT2D eigenvalue weighted by molar-refractivity contribution is 0.106. The molecule has 2 aromatic rings. The van der Waals surface area contributed by atoms with Gasteiger partial charge in [0.2, 0.25) is 5.95 Å². The van der Waals surface area contributed by atoms with Crippen molar-refractivity contribution in [1.82, 2.24) is 19.3 Å². The predicted octanol–water partition coefficient (Wildman–Crippen LogP) is 1.40. The summed E-state index contributed by atoms with van der Waals surface area (Å²) >= 11 is 0. The molecule has 1 saturated carbocycles. The van der Waals surface area contributed by atoms with Gasteiger partial charge in [-0.3, -0.25) is 9.25 Å². The van der Waals surface area contributed by atoms with Crippen molar-refractivity contribution in [2.45, 2.75) is 38.3 Å². The zero-order valence-electron chi connectivity index (χ0n) is 11.1. The molecule has 0 bridgehead atoms. The first-order valence-corrected chi connectivity index (χ1v) is 6.31. The van der Waals surface area contributed by atoms with E-state index in [1.54, 1.807) is 7.11 Å². The minimum atomic E-state index is 0.334. The summed E-state index contributed by atoms with van der Waals surface area (Å²) in [6.45, 7) is 1.96. The molecule has 1 fully saturated rings. The number of rotatable bonds is 2. The average Bonchev–Trinajstić information content (AvgIpc) is 2.97. The van der Waals surface area contributed by atoms with Crippen LogP contribution in [-0.4, -0.2) is 32.5 Å². The van der Waals surface area contributed by atoms with E-state index in [-0.39, 0.29) is 0 Å². The zero-order valence-corrected chi connectivity index (χ0v) is 11.1. The highest BCUT2D eigenvalue weighted by Gasteiger charge is 2.29. The Kier molecular flexibility index (Phi) is 2.55. The van der Waals surface area contributed by atoms with Crippen LogP contribution < -0.4 is 5.73 Å². The van der Waals surface area contributed by atoms with Gasteiger partial charge in [-0.15, -0.1) is 0 Å². The van der Waals surface area contributed by atoms with Gasteiger partial charge in [-0.1, -0.05) is 0 Å². The van der Waals surface area contributed by atoms with Crippen LogP contribution in [-0.2, 0) is 11.8 Å². The van der Waals surface area contributed by atoms with Crippen molar-refractivity contribution < 1.29 is 4.74 Å². The number of methoxy groups -OCH3 is 1. The smallest absolute Gasteiger partial charge is 0.202 e. The molecule has 2 heterocycles. The topological polar surface area (TPSA) is 70.9 Å². The predicted molar refractivity (Wildman–Crippen MR) is 69.3 cm³/mol. The third-order valence-electron chi connectivity index (χ3n) is 3.92. The average molecular weight is 249 g/mol. The largest absolute Gasteiger partial charge is 0.381 e. The molecule has 2 N–H and O–H groups in total. The van der Waals surface area contributed by atoms with Crippen LogP contribution in [0.5, 0.6) is 0 Å². The molecule has 1 aliphatic carbocycles. The number of nitrogen functional groups attached to an aromatic ring is 1. The molecular weight excluding hydrogens is 230 g/mol. The highest BCUT2D eigenvalue weighted by Crippen LogP contribution is 2.36. The highest BCUT2D eigenvalue weighted by molar-refractivity contribution is 5.77. The summed E-state index contributed by atoms with van der Waals surface area (Å²) in [4.78, 5) is 4.45. The molecule has 0 aromatic carbocycles. The van der Waals surface area contributed by atoms with Crippen LogP contribution in [0.3, 0.4) is 0 Å². The Bertz CT molecular complexity index is 585. The lowest BCUT2D eigenvalue weighted by Crippen LogP contribution is -2.13. The van der Waals surface area contributed by atoms with Crippen LogP contribution in [0.25, 0.3) is 11.2 Å². The number of hydrogen-bond acceptors (Lipinski definition) is 4. The van der Waals surface area contributed by atoms with Crippen molar-refractivity contribution in [3.05, 3.63) is 5.69 Å². The summed E-state index contributed by atoms with van der Waals surface area (Å²) in [5, 5.41) is 4.41. The Hall–Kier alpha value is -1.56. The Morgan fingerprint density at radius 2 is 2.17 bits per heavy atom. The summed E-state index contributed by atoms with van der Waals surface area (Å²) in [6, 6.07) is 0.370. The number of imidazole rings is 1. The molecule has 2 aromatic heterocycles. The molecule has 6 nitrogen and oxygen atoms in total. The van der Waals surface area contributed by atoms with Crippen LogP contribution in [0.4, 0.5) is 5.95 Å². The van der Waals surface area contributed by atoms with E-state index in [0.717, 1.165) is 36.1 Å². The van der Waals surface area contributed by atoms with E-state index >= 15 is 0 Å². The number of aromatic nitrogens is 4. The van der Waals surface area contributed by atoms with Gasteiger partial charge in [-0.25, -0.2) is 4.98 Å². The number of anilines is 1. The zero-order chi connectivity index (χ0) is 12.9. The maximum Gasteiger partial charge on any atom is 0.202 e. The van der Waals surface area contributed by atoms with E-state index in [9.17, 15) is 0 Å². The maximum atomic E-state index is 6.07. The third kappa shape index (κ3) is 1.52. The minimum absolute atomic E-state index is 0.334. The molecule has 0 radical (unpaired) electrons. The van der Waals surface area contributed by atoms with Gasteiger partial charge in [0, 0.05) is 20.2 Å². The van der Waals surface area contributed by atoms with E-state index in [2.05, 4.69) is 14.6 Å². The second-order valence-electron chi connectivity index (χ2n) is 5.05. The molecule has 0 spiro atoms. The number of ether oxygens (including phenoxy) is 1. The van der Waals surface area contributed by atoms with Gasteiger partial charge in [-0.2, -0.15) is 5.10 Å². The molecule has 3 rings (SSSR count). The fourth-order valence-electron chi connectivity index (χ4n) is 3.04. The van der Waals surface area contributed by atoms with Crippen molar-refractivity contribution >= 4 is 17.1 Å². The second-order valence-corrected chi connectivity index (χ2v) is 5.05. The van der Waals surface area contributed by atoms with Crippen LogP contribution >= 0.6 is 0 Å². The molecular formula is C12H19N5O. The first-order valence-electron chi connectivity index (χ1n) is 6.31. The Morgan fingerprint density at radius 3 is 2.83 bits per heavy atom. The standard InChI is InChI=1S/C12H19N5O/c1-7-10-11(16(2)15-7)17(12(13)14-10)8-4-5-9(6-8)18-3/h8-9H,4-6H2,1-3H3,(H2,13,14). The monoisotopic (exact) mass is 249 g/mol. The number of aryl methyl sites for hydroxylation is 2. The van der Waals surface area contributed by atoms with Gasteiger partial charge in [0.25, 0.3) is 0 Å². The molecule has 98 valence electrons. The Morgan fingerprint density at radius 1 is 1.39 bits per heavy atom. The second kappa shape index (κ2) is 3.98. The van der Waals surface area contributed by atoms with Gasteiger partial charge in [-0.05, 0) is 26.2 Å². The van der Waals surface area contributed by atoms with Gasteiger partial charge < -0.3 is 10.5 Å². The molecule has 6 heteroatoms. The maximum absolute atomic E-state index is 6.07. The molecule has 0 aliphatic heterocycles. The molecule has 0 saturated heterocycles. The van der Waals surface area contributed by atoms with Crippen LogP contribution in [0.15, 0.2) is 0 Å². The molecule has 1 aliphatic rings. The third-order valence-corrected chi connectivity index (χ3v) is 3.92. The highest BCUT2D eigenvalue weighted by atomic mass is 16.5. The molecule has 2 unspecified atom stereocenters. The van der Waals surface area contributed by atoms with Crippen molar-refractivity contribution in [3.8, 4) is 0 Å². The van der Waals surface area contributed by atoms with Crippen molar-refractivity contribution in [2.75, 3.05) is 12.8 Å². The van der Waals surface area contributed by atoms with E-state index in [1.807, 2.05) is 18.7 Å². The lowest BCUT2D eigenvalue weighted by Gasteiger charge is -2.15. The normalized spacial score (nSPS) is 24.2. The fraction of sp³-hybridized carbons (Fsp3) is 0.667. The molecule has 0 amide bonds. The molecule has 2 atom stereocenters. The number of fused-ring (bicyclic) bond motifs is 1. The van der Waals surface area contributed by atoms with Gasteiger partial charge in [0.1, 0.15) is 5.52 Å². The van der Waals surface area contributed by atoms with E-state index in [1.165, 1.54) is 0 Å². The van der Waals surface area contributed by atoms with Crippen LogP contribution in [0, 0.1) is 6.92 Å². The summed E-state index contributed by atoms with van der Waals surface area (Å²) in [5.41, 5.74) is 8.94. The van der Waals surface area contributed by atoms with E-state index < -0.39 is 0 Å². The van der Waals surface area contributed by atoms with E-state index in [0.29, 0.717) is 18.1 Å². The Balaban J connectivity index is 2.09. The number of nitrogens with zero attached hydrogens (tertiary/aromatic N) is 4. The van der Waals surface area contributed by atoms with E-state index in [4.69, 9.17) is 10.5 Å². The summed E-state index contributed by atoms with van der Waals surface area (Å²) in [6.07, 6.45) is 3.49. The van der Waals surface area contributed by atoms with Crippen LogP contribution in [0.1, 0.15) is 31.0 Å². The first-order chi connectivity index (χ1) is 8.61. The quantitative estimate of drug-likeness (QED) is 0.873. The summed E-state index contributed by atoms with van der Waals surface area (Å²) in [7, 11) is 3.71. The lowest BCUT2D eigenvalue weighted by atomic mass is 10.2. The van der Waals surface area contributed by atoms with Crippen LogP contribution in [0.2, 0.25) is 0 Å². The van der Waals surface area contributed by atoms with Gasteiger partial charge in [0.15, 0.2) is 5.65 Å². The van der Waals surface area contributed by atoms with Crippen molar-refractivity contribution in [2.24, 2.45) is 7.05 Å². The first kappa shape index (κ1) is 11.5. The number of hydrogen-bond donors (Lipinski definition) is 1. The van der Waals surface area contributed by atoms with Gasteiger partial charge >= 0.3 is 0 Å². The Labute approximate surface area is 106 Å². The van der Waals surface area contributed by atoms with Crippen molar-refractivity contribution in [3.63, 3.8) is 0 Å². The summed E-state index contributed by atoms with van der Waals surface area (Å²) in [5.74, 6) is 0.586. The fourth-order valence-corrected chi connectivity index (χ4v) is 3.04.